The molecule has 26 heavy (non-hydrogen) atoms. The molecule has 0 fully saturated rings. The summed E-state index contributed by atoms with van der Waals surface area (Å²) in [4.78, 5) is 4.71. The number of pyridine rings is 1. The fraction of sp³-hybridized carbons (Fsp3) is 0.130. The number of para-hydroxylation sites is 1. The summed E-state index contributed by atoms with van der Waals surface area (Å²) in [6, 6.07) is 22.8. The lowest BCUT2D eigenvalue weighted by Gasteiger charge is -2.04. The number of nitrogens with zero attached hydrogens (tertiary/aromatic N) is 3. The lowest BCUT2D eigenvalue weighted by atomic mass is 10.1. The fourth-order valence-electron chi connectivity index (χ4n) is 3.21. The average Bonchev–Trinajstić information content (AvgIpc) is 2.94. The van der Waals surface area contributed by atoms with E-state index in [2.05, 4.69) is 73.1 Å². The third-order valence-electron chi connectivity index (χ3n) is 4.65. The number of fused-ring (bicyclic) bond motifs is 1. The molecule has 0 amide bonds. The Kier molecular flexibility index (Phi) is 4.36. The van der Waals surface area contributed by atoms with E-state index in [1.54, 1.807) is 0 Å². The minimum atomic E-state index is 0.787. The van der Waals surface area contributed by atoms with Crippen LogP contribution in [0.15, 0.2) is 66.7 Å². The van der Waals surface area contributed by atoms with E-state index in [-0.39, 0.29) is 0 Å². The number of hydrogen-bond acceptors (Lipinski definition) is 2. The maximum Gasteiger partial charge on any atom is 0.0709 e. The van der Waals surface area contributed by atoms with Crippen molar-refractivity contribution in [3.63, 3.8) is 0 Å². The van der Waals surface area contributed by atoms with Crippen molar-refractivity contribution in [3.05, 3.63) is 94.9 Å². The monoisotopic (exact) mass is 339 g/mol. The third-order valence-corrected chi connectivity index (χ3v) is 4.65. The molecule has 0 aliphatic carbocycles. The average molecular weight is 339 g/mol. The number of hydrogen-bond donors (Lipinski definition) is 0. The molecule has 0 saturated heterocycles. The van der Waals surface area contributed by atoms with Gasteiger partial charge in [-0.15, -0.1) is 0 Å². The van der Waals surface area contributed by atoms with Gasteiger partial charge in [-0.2, -0.15) is 5.10 Å². The highest BCUT2D eigenvalue weighted by atomic mass is 15.3. The summed E-state index contributed by atoms with van der Waals surface area (Å²) in [5, 5.41) is 5.87. The Morgan fingerprint density at radius 3 is 2.46 bits per heavy atom. The van der Waals surface area contributed by atoms with Crippen LogP contribution in [0, 0.1) is 13.8 Å². The second-order valence-corrected chi connectivity index (χ2v) is 6.49. The van der Waals surface area contributed by atoms with Crippen LogP contribution in [0.3, 0.4) is 0 Å². The van der Waals surface area contributed by atoms with Crippen molar-refractivity contribution < 1.29 is 0 Å². The van der Waals surface area contributed by atoms with Gasteiger partial charge in [0.25, 0.3) is 0 Å². The molecule has 0 bridgehead atoms. The molecule has 0 saturated carbocycles. The van der Waals surface area contributed by atoms with Gasteiger partial charge in [0.15, 0.2) is 0 Å². The summed E-state index contributed by atoms with van der Waals surface area (Å²) in [7, 11) is 0. The van der Waals surface area contributed by atoms with Gasteiger partial charge in [-0.05, 0) is 43.7 Å². The van der Waals surface area contributed by atoms with Crippen LogP contribution >= 0.6 is 0 Å². The van der Waals surface area contributed by atoms with Gasteiger partial charge in [-0.3, -0.25) is 4.68 Å². The Morgan fingerprint density at radius 1 is 0.846 bits per heavy atom. The molecule has 4 aromatic rings. The van der Waals surface area contributed by atoms with Crippen LogP contribution in [0.1, 0.15) is 28.2 Å². The van der Waals surface area contributed by atoms with E-state index in [4.69, 9.17) is 10.1 Å². The summed E-state index contributed by atoms with van der Waals surface area (Å²) < 4.78 is 2.07. The largest absolute Gasteiger partial charge is 0.265 e. The highest BCUT2D eigenvalue weighted by molar-refractivity contribution is 5.81. The molecule has 0 N–H and O–H groups in total. The van der Waals surface area contributed by atoms with Crippen molar-refractivity contribution in [3.8, 4) is 0 Å². The quantitative estimate of drug-likeness (QED) is 0.507. The second-order valence-electron chi connectivity index (χ2n) is 6.49. The number of benzene rings is 2. The second kappa shape index (κ2) is 6.96. The molecule has 3 nitrogen and oxygen atoms in total. The van der Waals surface area contributed by atoms with Crippen molar-refractivity contribution in [2.75, 3.05) is 0 Å². The van der Waals surface area contributed by atoms with Gasteiger partial charge in [0.05, 0.1) is 23.4 Å². The maximum absolute atomic E-state index is 4.71. The van der Waals surface area contributed by atoms with Gasteiger partial charge in [0, 0.05) is 16.6 Å². The van der Waals surface area contributed by atoms with E-state index >= 15 is 0 Å². The number of aromatic nitrogens is 3. The van der Waals surface area contributed by atoms with Crippen LogP contribution < -0.4 is 0 Å². The van der Waals surface area contributed by atoms with Gasteiger partial charge in [-0.1, -0.05) is 54.6 Å². The molecule has 128 valence electrons. The molecule has 2 heterocycles. The maximum atomic E-state index is 4.71. The minimum Gasteiger partial charge on any atom is -0.265 e. The SMILES string of the molecule is Cc1nn(Cc2ccccc2)c(C)c1/C=C/c1ccc2ccccc2n1. The summed E-state index contributed by atoms with van der Waals surface area (Å²) in [5.41, 5.74) is 6.60. The topological polar surface area (TPSA) is 30.7 Å². The standard InChI is InChI=1S/C23H21N3/c1-17-22(18(2)26(25-17)16-19-8-4-3-5-9-19)15-14-21-13-12-20-10-6-7-11-23(20)24-21/h3-15H,16H2,1-2H3/b15-14+. The molecule has 0 aliphatic heterocycles. The van der Waals surface area contributed by atoms with E-state index in [0.29, 0.717) is 0 Å². The number of aryl methyl sites for hydroxylation is 1. The molecule has 2 aromatic carbocycles. The zero-order valence-electron chi connectivity index (χ0n) is 15.1. The lowest BCUT2D eigenvalue weighted by Crippen LogP contribution is -2.03. The Labute approximate surface area is 153 Å². The van der Waals surface area contributed by atoms with Crippen LogP contribution in [-0.2, 0) is 6.54 Å². The van der Waals surface area contributed by atoms with Gasteiger partial charge in [-0.25, -0.2) is 4.98 Å². The number of rotatable bonds is 4. The molecule has 3 heteroatoms. The summed E-state index contributed by atoms with van der Waals surface area (Å²) >= 11 is 0. The van der Waals surface area contributed by atoms with Crippen LogP contribution in [0.4, 0.5) is 0 Å². The van der Waals surface area contributed by atoms with Crippen LogP contribution in [0.5, 0.6) is 0 Å². The molecule has 0 radical (unpaired) electrons. The first-order chi connectivity index (χ1) is 12.7. The summed E-state index contributed by atoms with van der Waals surface area (Å²) in [6.45, 7) is 4.97. The van der Waals surface area contributed by atoms with Gasteiger partial charge < -0.3 is 0 Å². The van der Waals surface area contributed by atoms with Crippen molar-refractivity contribution >= 4 is 23.1 Å². The third kappa shape index (κ3) is 3.29. The molecule has 0 unspecified atom stereocenters. The molecule has 0 aliphatic rings. The Balaban J connectivity index is 1.62. The van der Waals surface area contributed by atoms with Crippen LogP contribution in [0.2, 0.25) is 0 Å². The smallest absolute Gasteiger partial charge is 0.0709 e. The van der Waals surface area contributed by atoms with Crippen molar-refractivity contribution in [1.29, 1.82) is 0 Å². The van der Waals surface area contributed by atoms with Crippen molar-refractivity contribution in [2.24, 2.45) is 0 Å². The van der Waals surface area contributed by atoms with E-state index < -0.39 is 0 Å². The molecule has 0 atom stereocenters. The first-order valence-electron chi connectivity index (χ1n) is 8.82. The lowest BCUT2D eigenvalue weighted by molar-refractivity contribution is 0.659. The Morgan fingerprint density at radius 2 is 1.62 bits per heavy atom. The predicted octanol–water partition coefficient (Wildman–Crippen LogP) is 5.27. The normalized spacial score (nSPS) is 11.5. The van der Waals surface area contributed by atoms with E-state index in [0.717, 1.165) is 34.4 Å². The van der Waals surface area contributed by atoms with Crippen molar-refractivity contribution in [1.82, 2.24) is 14.8 Å². The molecule has 2 aromatic heterocycles. The van der Waals surface area contributed by atoms with Crippen LogP contribution in [0.25, 0.3) is 23.1 Å². The van der Waals surface area contributed by atoms with Crippen LogP contribution in [-0.4, -0.2) is 14.8 Å². The van der Waals surface area contributed by atoms with Gasteiger partial charge in [0.2, 0.25) is 0 Å². The molecular weight excluding hydrogens is 318 g/mol. The highest BCUT2D eigenvalue weighted by Gasteiger charge is 2.09. The Hall–Kier alpha value is -3.20. The fourth-order valence-corrected chi connectivity index (χ4v) is 3.21. The minimum absolute atomic E-state index is 0.787. The molecule has 0 spiro atoms. The van der Waals surface area contributed by atoms with Crippen molar-refractivity contribution in [2.45, 2.75) is 20.4 Å². The molecule has 4 rings (SSSR count). The predicted molar refractivity (Wildman–Crippen MR) is 108 cm³/mol. The first-order valence-corrected chi connectivity index (χ1v) is 8.82. The Bertz CT molecular complexity index is 1080. The van der Waals surface area contributed by atoms with E-state index in [1.165, 1.54) is 11.3 Å². The zero-order valence-corrected chi connectivity index (χ0v) is 15.1. The highest BCUT2D eigenvalue weighted by Crippen LogP contribution is 2.19. The van der Waals surface area contributed by atoms with E-state index in [1.807, 2.05) is 24.3 Å². The first kappa shape index (κ1) is 16.3. The van der Waals surface area contributed by atoms with Gasteiger partial charge in [0.1, 0.15) is 0 Å². The van der Waals surface area contributed by atoms with Gasteiger partial charge >= 0.3 is 0 Å². The zero-order chi connectivity index (χ0) is 17.9. The molecular formula is C23H21N3. The summed E-state index contributed by atoms with van der Waals surface area (Å²) in [6.07, 6.45) is 4.19. The summed E-state index contributed by atoms with van der Waals surface area (Å²) in [5.74, 6) is 0. The van der Waals surface area contributed by atoms with E-state index in [9.17, 15) is 0 Å².